The van der Waals surface area contributed by atoms with Crippen LogP contribution in [0.1, 0.15) is 250 Å². The highest BCUT2D eigenvalue weighted by Crippen LogP contribution is 2.46. The lowest BCUT2D eigenvalue weighted by atomic mass is 9.88. The van der Waals surface area contributed by atoms with Crippen molar-refractivity contribution in [3.05, 3.63) is 215 Å². The van der Waals surface area contributed by atoms with Crippen molar-refractivity contribution in [3.63, 3.8) is 0 Å². The van der Waals surface area contributed by atoms with Crippen LogP contribution in [0.15, 0.2) is 170 Å². The van der Waals surface area contributed by atoms with Crippen LogP contribution >= 0.6 is 0 Å². The first-order valence-corrected chi connectivity index (χ1v) is 51.4. The Morgan fingerprint density at radius 1 is 0.343 bits per heavy atom. The Balaban J connectivity index is 0.000000133. The zero-order valence-corrected chi connectivity index (χ0v) is 84.3. The van der Waals surface area contributed by atoms with Crippen molar-refractivity contribution in [3.8, 4) is 23.0 Å². The monoisotopic (exact) mass is 1850 g/mol. The molecule has 2 atom stereocenters. The van der Waals surface area contributed by atoms with Crippen molar-refractivity contribution in [1.29, 1.82) is 0 Å². The van der Waals surface area contributed by atoms with Crippen LogP contribution in [0.5, 0.6) is 23.0 Å². The third-order valence-corrected chi connectivity index (χ3v) is 30.4. The molecule has 2 unspecified atom stereocenters. The molecule has 0 radical (unpaired) electrons. The maximum Gasteiger partial charge on any atom is 0.140 e. The van der Waals surface area contributed by atoms with E-state index in [1.807, 2.05) is 19.2 Å². The number of ether oxygens (including phenoxy) is 5. The van der Waals surface area contributed by atoms with Crippen LogP contribution in [0, 0.1) is 0 Å². The molecule has 0 bridgehead atoms. The highest BCUT2D eigenvalue weighted by Gasteiger charge is 2.34. The predicted molar refractivity (Wildman–Crippen MR) is 565 cm³/mol. The van der Waals surface area contributed by atoms with Gasteiger partial charge in [0.1, 0.15) is 69.6 Å². The van der Waals surface area contributed by atoms with Gasteiger partial charge in [-0.3, -0.25) is 4.90 Å². The molecule has 2 saturated carbocycles. The molecule has 4 aromatic heterocycles. The van der Waals surface area contributed by atoms with Crippen LogP contribution in [-0.4, -0.2) is 225 Å². The summed E-state index contributed by atoms with van der Waals surface area (Å²) >= 11 is 0. The van der Waals surface area contributed by atoms with Crippen LogP contribution in [-0.2, 0) is 4.74 Å². The second-order valence-electron chi connectivity index (χ2n) is 39.4. The number of aromatic nitrogens is 8. The van der Waals surface area contributed by atoms with Gasteiger partial charge in [-0.2, -0.15) is 0 Å². The summed E-state index contributed by atoms with van der Waals surface area (Å²) in [4.78, 5) is 62.1. The number of rotatable bonds is 29. The molecule has 1 N–H and O–H groups in total. The smallest absolute Gasteiger partial charge is 0.140 e. The van der Waals surface area contributed by atoms with Gasteiger partial charge in [0.05, 0.1) is 70.3 Å². The fourth-order valence-corrected chi connectivity index (χ4v) is 21.6. The van der Waals surface area contributed by atoms with Gasteiger partial charge in [0.15, 0.2) is 0 Å². The standard InChI is InChI=1S/C32H43N5O2.C29H38N4O.C27H36N4O2.C26H34N4O/c1-35(17-18-36-19-21-39-22-20-36)26-11-12-29-28(23-26)32(34-31(33-29)25-7-3-4-8-25)37-15-13-24(14-16-37)27-9-5-6-10-30(27)38-2;1-4-17-32(2)23-13-14-26-25(20-23)29(31-28(30-26)22-9-5-6-10-22)33-18-15-21(16-19-33)24-11-7-8-12-27(24)34-3;1-5-19(2)26-28-24-11-10-21(30(3)16-17-32)18-23(24)27(29-26)31-14-12-20(13-15-31)22-8-6-7-9-25(22)33-4;1-6-18(2)25-27-23-12-11-20(29(3)4)17-22(23)26(28-25)30-15-13-19(14-16-30)21-9-7-8-10-24(21)31-5/h5-6,9-12,23-25H,3-4,7-8,13-22H2,1-2H3;7-8,11-14,20-22H,4-6,9-10,15-19H2,1-3H3;6-11,18-20,32H,5,12-17H2,1-4H3;7-12,17-19H,6,13-16H2,1-5H3. The maximum atomic E-state index is 9.37. The maximum absolute atomic E-state index is 9.37. The SMILES string of the molecule is CCC(C)c1nc(N2CCC(c3ccccc3OC)CC2)c2cc(N(C)C)ccc2n1.CCC(C)c1nc(N2CCC(c3ccccc3OC)CC2)c2cc(N(C)CCO)ccc2n1.CCCN(C)c1ccc2nc(C3CCCC3)nc(N3CCC(c4ccccc4OC)CC3)c2c1.COc1ccccc1C1CCN(c2nc(C3CCCC3)nc3ccc(N(C)CCN4CCOCC4)cc23)CC1. The van der Waals surface area contributed by atoms with E-state index in [1.165, 1.54) is 101 Å². The van der Waals surface area contributed by atoms with Crippen molar-refractivity contribution < 1.29 is 28.8 Å². The lowest BCUT2D eigenvalue weighted by Gasteiger charge is -2.34. The largest absolute Gasteiger partial charge is 0.496 e. The number of piperidine rings is 4. The van der Waals surface area contributed by atoms with E-state index < -0.39 is 0 Å². The summed E-state index contributed by atoms with van der Waals surface area (Å²) < 4.78 is 28.1. The molecule has 7 aliphatic rings. The number of likely N-dealkylation sites (N-methyl/N-ethyl adjacent to an activating group) is 2. The molecular formula is C114H151N17O6. The summed E-state index contributed by atoms with van der Waals surface area (Å²) in [5.74, 6) is 16.1. The summed E-state index contributed by atoms with van der Waals surface area (Å²) in [6.07, 6.45) is 22.0. The van der Waals surface area contributed by atoms with E-state index in [2.05, 4.69) is 265 Å². The molecule has 23 nitrogen and oxygen atoms in total. The Morgan fingerprint density at radius 3 is 0.956 bits per heavy atom. The van der Waals surface area contributed by atoms with Crippen molar-refractivity contribution >= 4 is 89.6 Å². The van der Waals surface area contributed by atoms with Crippen LogP contribution in [0.4, 0.5) is 46.0 Å². The van der Waals surface area contributed by atoms with E-state index in [4.69, 9.17) is 63.6 Å². The van der Waals surface area contributed by atoms with Crippen molar-refractivity contribution in [2.24, 2.45) is 0 Å². The number of methoxy groups -OCH3 is 4. The molecular weight excluding hydrogens is 1700 g/mol. The van der Waals surface area contributed by atoms with E-state index in [0.29, 0.717) is 53.9 Å². The number of hydrogen-bond acceptors (Lipinski definition) is 23. The second kappa shape index (κ2) is 47.3. The third-order valence-electron chi connectivity index (χ3n) is 30.4. The van der Waals surface area contributed by atoms with Gasteiger partial charge in [0.2, 0.25) is 0 Å². The summed E-state index contributed by atoms with van der Waals surface area (Å²) in [7, 11) is 17.6. The van der Waals surface area contributed by atoms with Gasteiger partial charge in [-0.25, -0.2) is 39.9 Å². The van der Waals surface area contributed by atoms with Gasteiger partial charge >= 0.3 is 0 Å². The summed E-state index contributed by atoms with van der Waals surface area (Å²) in [5.41, 5.74) is 14.2. The molecule has 12 aromatic rings. The average molecular weight is 1860 g/mol. The Hall–Kier alpha value is -11.4. The van der Waals surface area contributed by atoms with Gasteiger partial charge in [-0.05, 0) is 239 Å². The first-order chi connectivity index (χ1) is 66.9. The number of morpholine rings is 1. The van der Waals surface area contributed by atoms with Crippen LogP contribution in [0.2, 0.25) is 0 Å². The Kier molecular flexibility index (Phi) is 34.1. The fraction of sp³-hybridized carbons (Fsp3) is 0.509. The number of aliphatic hydroxyl groups is 1. The number of hydrogen-bond donors (Lipinski definition) is 1. The third kappa shape index (κ3) is 23.6. The van der Waals surface area contributed by atoms with E-state index in [0.717, 1.165) is 277 Å². The van der Waals surface area contributed by atoms with E-state index in [1.54, 1.807) is 28.4 Å². The molecule has 5 saturated heterocycles. The summed E-state index contributed by atoms with van der Waals surface area (Å²) in [5, 5.41) is 14.0. The zero-order valence-electron chi connectivity index (χ0n) is 84.3. The predicted octanol–water partition coefficient (Wildman–Crippen LogP) is 22.5. The minimum atomic E-state index is 0.126. The van der Waals surface area contributed by atoms with Gasteiger partial charge < -0.3 is 68.0 Å². The molecule has 9 heterocycles. The van der Waals surface area contributed by atoms with Crippen molar-refractivity contribution in [1.82, 2.24) is 44.8 Å². The molecule has 2 aliphatic carbocycles. The summed E-state index contributed by atoms with van der Waals surface area (Å²) in [6, 6.07) is 60.3. The Morgan fingerprint density at radius 2 is 0.642 bits per heavy atom. The van der Waals surface area contributed by atoms with Crippen molar-refractivity contribution in [2.75, 3.05) is 214 Å². The van der Waals surface area contributed by atoms with E-state index in [9.17, 15) is 5.11 Å². The van der Waals surface area contributed by atoms with Gasteiger partial charge in [-0.15, -0.1) is 0 Å². The number of para-hydroxylation sites is 4. The lowest BCUT2D eigenvalue weighted by molar-refractivity contribution is 0.0393. The molecule has 8 aromatic carbocycles. The fourth-order valence-electron chi connectivity index (χ4n) is 21.6. The quantitative estimate of drug-likeness (QED) is 0.0464. The number of fused-ring (bicyclic) bond motifs is 4. The highest BCUT2D eigenvalue weighted by molar-refractivity contribution is 5.96. The zero-order chi connectivity index (χ0) is 95.4. The second-order valence-corrected chi connectivity index (χ2v) is 39.4. The van der Waals surface area contributed by atoms with E-state index in [-0.39, 0.29) is 6.61 Å². The first-order valence-electron chi connectivity index (χ1n) is 51.4. The molecule has 137 heavy (non-hydrogen) atoms. The molecule has 7 fully saturated rings. The lowest BCUT2D eigenvalue weighted by Crippen LogP contribution is -2.40. The minimum absolute atomic E-state index is 0.126. The topological polar surface area (TPSA) is 199 Å². The van der Waals surface area contributed by atoms with Crippen LogP contribution in [0.25, 0.3) is 43.6 Å². The van der Waals surface area contributed by atoms with E-state index >= 15 is 0 Å². The number of aliphatic hydroxyl groups excluding tert-OH is 1. The summed E-state index contributed by atoms with van der Waals surface area (Å²) in [6.45, 7) is 26.5. The molecule has 0 amide bonds. The Bertz CT molecular complexity index is 5910. The number of benzene rings is 8. The molecule has 5 aliphatic heterocycles. The molecule has 728 valence electrons. The van der Waals surface area contributed by atoms with Crippen molar-refractivity contribution in [2.45, 2.75) is 204 Å². The average Bonchev–Trinajstić information content (AvgIpc) is 1.61. The molecule has 0 spiro atoms. The van der Waals surface area contributed by atoms with Gasteiger partial charge in [0.25, 0.3) is 0 Å². The molecule has 23 heteroatoms. The van der Waals surface area contributed by atoms with Crippen LogP contribution < -0.4 is 58.1 Å². The van der Waals surface area contributed by atoms with Gasteiger partial charge in [0, 0.05) is 195 Å². The molecule has 19 rings (SSSR count). The Labute approximate surface area is 815 Å². The minimum Gasteiger partial charge on any atom is -0.496 e. The van der Waals surface area contributed by atoms with Crippen LogP contribution in [0.3, 0.4) is 0 Å². The number of anilines is 8. The first kappa shape index (κ1) is 98.6. The van der Waals surface area contributed by atoms with Gasteiger partial charge in [-0.1, -0.05) is 133 Å². The normalized spacial score (nSPS) is 17.2. The number of nitrogens with zero attached hydrogens (tertiary/aromatic N) is 17. The highest BCUT2D eigenvalue weighted by atomic mass is 16.5.